The van der Waals surface area contributed by atoms with Crippen molar-refractivity contribution in [3.8, 4) is 0 Å². The predicted octanol–water partition coefficient (Wildman–Crippen LogP) is 1.88. The lowest BCUT2D eigenvalue weighted by atomic mass is 10.2. The van der Waals surface area contributed by atoms with Gasteiger partial charge >= 0.3 is 13.8 Å². The van der Waals surface area contributed by atoms with Crippen molar-refractivity contribution in [3.63, 3.8) is 0 Å². The largest absolute Gasteiger partial charge is 0.510 e. The molecule has 1 aliphatic carbocycles. The van der Waals surface area contributed by atoms with Gasteiger partial charge in [0.25, 0.3) is 0 Å². The first-order valence-corrected chi connectivity index (χ1v) is 14.1. The Morgan fingerprint density at radius 1 is 1.34 bits per heavy atom. The minimum absolute atomic E-state index is 0.0294. The maximum atomic E-state index is 12.5. The summed E-state index contributed by atoms with van der Waals surface area (Å²) >= 11 is 6.19. The number of anilines is 1. The molecule has 3 heterocycles. The van der Waals surface area contributed by atoms with Crippen LogP contribution in [0.3, 0.4) is 0 Å². The summed E-state index contributed by atoms with van der Waals surface area (Å²) in [5.74, 6) is -0.182. The number of likely N-dealkylation sites (N-methyl/N-ethyl adjacent to an activating group) is 1. The maximum absolute atomic E-state index is 12.5. The van der Waals surface area contributed by atoms with E-state index in [9.17, 15) is 24.2 Å². The number of carbonyl (C=O) groups is 2. The highest BCUT2D eigenvalue weighted by Gasteiger charge is 2.38. The molecule has 17 heteroatoms. The number of hydrogen-bond donors (Lipinski definition) is 3. The lowest BCUT2D eigenvalue weighted by Crippen LogP contribution is -2.36. The topological polar surface area (TPSA) is 187 Å². The second-order valence-corrected chi connectivity index (χ2v) is 11.3. The number of ether oxygens (including phenoxy) is 3. The van der Waals surface area contributed by atoms with E-state index in [0.29, 0.717) is 17.0 Å². The van der Waals surface area contributed by atoms with E-state index in [2.05, 4.69) is 34.3 Å². The van der Waals surface area contributed by atoms with E-state index in [-0.39, 0.29) is 24.3 Å². The Labute approximate surface area is 222 Å². The quantitative estimate of drug-likeness (QED) is 0.161. The second-order valence-electron chi connectivity index (χ2n) is 9.16. The molecule has 0 radical (unpaired) electrons. The van der Waals surface area contributed by atoms with Gasteiger partial charge in [-0.05, 0) is 24.4 Å². The molecule has 1 amide bonds. The average Bonchev–Trinajstić information content (AvgIpc) is 3.58. The van der Waals surface area contributed by atoms with Crippen LogP contribution in [-0.2, 0) is 28.1 Å². The SMILES string of the molecule is COC(=O)OCOP(=O)(O)CC(=O)N(C)C[C@@H]1C[C@@H](O)[C@H](n2cnc3c(NC4CCCC4)nc(Cl)nc32)O1. The van der Waals surface area contributed by atoms with Crippen LogP contribution in [0, 0.1) is 0 Å². The van der Waals surface area contributed by atoms with Crippen molar-refractivity contribution in [3.05, 3.63) is 11.6 Å². The molecule has 2 aromatic rings. The minimum atomic E-state index is -4.39. The van der Waals surface area contributed by atoms with Gasteiger partial charge in [-0.1, -0.05) is 12.8 Å². The molecule has 2 fully saturated rings. The molecule has 4 atom stereocenters. The van der Waals surface area contributed by atoms with E-state index in [4.69, 9.17) is 16.3 Å². The molecule has 1 saturated heterocycles. The van der Waals surface area contributed by atoms with Crippen molar-refractivity contribution in [2.75, 3.05) is 39.0 Å². The first kappa shape index (κ1) is 28.5. The Balaban J connectivity index is 1.37. The van der Waals surface area contributed by atoms with E-state index in [1.54, 1.807) is 4.57 Å². The Kier molecular flexibility index (Phi) is 9.06. The summed E-state index contributed by atoms with van der Waals surface area (Å²) in [6, 6.07) is 0.278. The maximum Gasteiger partial charge on any atom is 0.510 e. The summed E-state index contributed by atoms with van der Waals surface area (Å²) in [6.07, 6.45) is 1.71. The van der Waals surface area contributed by atoms with E-state index in [1.807, 2.05) is 0 Å². The molecule has 15 nitrogen and oxygen atoms in total. The number of aliphatic hydroxyl groups is 1. The Morgan fingerprint density at radius 2 is 2.08 bits per heavy atom. The van der Waals surface area contributed by atoms with Gasteiger partial charge in [0, 0.05) is 26.1 Å². The highest BCUT2D eigenvalue weighted by Crippen LogP contribution is 2.42. The van der Waals surface area contributed by atoms with Gasteiger partial charge in [0.2, 0.25) is 18.0 Å². The standard InChI is InChI=1S/C21H30ClN6O9P/c1-27(15(30)9-38(32,33)36-11-35-21(31)34-2)8-13-7-14(29)19(37-13)28-10-23-16-17(24-12-5-3-4-6-12)25-20(22)26-18(16)28/h10,12-14,19,29H,3-9,11H2,1-2H3,(H,32,33)(H,24,25,26)/t13-,14+,19+/m0/s1. The summed E-state index contributed by atoms with van der Waals surface area (Å²) in [7, 11) is -1.89. The summed E-state index contributed by atoms with van der Waals surface area (Å²) < 4.78 is 32.9. The number of amides is 1. The summed E-state index contributed by atoms with van der Waals surface area (Å²) in [4.78, 5) is 47.5. The molecule has 1 unspecified atom stereocenters. The van der Waals surface area contributed by atoms with Gasteiger partial charge in [0.15, 0.2) is 23.2 Å². The summed E-state index contributed by atoms with van der Waals surface area (Å²) in [5.41, 5.74) is 0.898. The Morgan fingerprint density at radius 3 is 2.79 bits per heavy atom. The van der Waals surface area contributed by atoms with Gasteiger partial charge in [-0.15, -0.1) is 0 Å². The van der Waals surface area contributed by atoms with Crippen molar-refractivity contribution in [2.45, 2.75) is 56.6 Å². The predicted molar refractivity (Wildman–Crippen MR) is 133 cm³/mol. The van der Waals surface area contributed by atoms with Gasteiger partial charge in [-0.3, -0.25) is 18.5 Å². The molecule has 2 aromatic heterocycles. The van der Waals surface area contributed by atoms with E-state index in [0.717, 1.165) is 32.8 Å². The van der Waals surface area contributed by atoms with Crippen LogP contribution in [-0.4, -0.2) is 98.4 Å². The second kappa shape index (κ2) is 12.1. The molecule has 2 aliphatic rings. The molecule has 1 aliphatic heterocycles. The number of nitrogens with one attached hydrogen (secondary N) is 1. The highest BCUT2D eigenvalue weighted by atomic mass is 35.5. The van der Waals surface area contributed by atoms with Gasteiger partial charge in [-0.25, -0.2) is 9.78 Å². The van der Waals surface area contributed by atoms with Crippen molar-refractivity contribution in [2.24, 2.45) is 0 Å². The number of methoxy groups -OCH3 is 1. The molecule has 1 saturated carbocycles. The van der Waals surface area contributed by atoms with Crippen LogP contribution in [0.4, 0.5) is 10.6 Å². The Bertz CT molecular complexity index is 1210. The fraction of sp³-hybridized carbons (Fsp3) is 0.667. The van der Waals surface area contributed by atoms with Crippen LogP contribution in [0.2, 0.25) is 5.28 Å². The number of aromatic nitrogens is 4. The molecule has 0 aromatic carbocycles. The third-order valence-electron chi connectivity index (χ3n) is 6.37. The van der Waals surface area contributed by atoms with Crippen LogP contribution in [0.25, 0.3) is 11.2 Å². The fourth-order valence-electron chi connectivity index (χ4n) is 4.50. The Hall–Kier alpha value is -2.55. The van der Waals surface area contributed by atoms with E-state index in [1.165, 1.54) is 18.3 Å². The van der Waals surface area contributed by atoms with Crippen molar-refractivity contribution >= 4 is 48.2 Å². The van der Waals surface area contributed by atoms with Gasteiger partial charge in [0.05, 0.1) is 19.5 Å². The number of carbonyl (C=O) groups excluding carboxylic acids is 2. The number of hydrogen-bond acceptors (Lipinski definition) is 12. The zero-order chi connectivity index (χ0) is 27.4. The third-order valence-corrected chi connectivity index (χ3v) is 7.71. The smallest absolute Gasteiger partial charge is 0.438 e. The minimum Gasteiger partial charge on any atom is -0.438 e. The summed E-state index contributed by atoms with van der Waals surface area (Å²) in [6.45, 7) is -0.816. The van der Waals surface area contributed by atoms with Crippen LogP contribution in [0.1, 0.15) is 38.3 Å². The first-order chi connectivity index (χ1) is 18.1. The van der Waals surface area contributed by atoms with Gasteiger partial charge in [-0.2, -0.15) is 9.97 Å². The number of imidazole rings is 1. The highest BCUT2D eigenvalue weighted by molar-refractivity contribution is 7.53. The fourth-order valence-corrected chi connectivity index (χ4v) is 5.55. The van der Waals surface area contributed by atoms with Crippen LogP contribution in [0.5, 0.6) is 0 Å². The van der Waals surface area contributed by atoms with Crippen molar-refractivity contribution < 1.29 is 42.9 Å². The number of aliphatic hydroxyl groups excluding tert-OH is 1. The summed E-state index contributed by atoms with van der Waals surface area (Å²) in [5, 5.41) is 14.1. The number of rotatable bonds is 10. The van der Waals surface area contributed by atoms with Gasteiger partial charge < -0.3 is 34.4 Å². The van der Waals surface area contributed by atoms with Crippen molar-refractivity contribution in [1.82, 2.24) is 24.4 Å². The number of halogens is 1. The molecular formula is C21H30ClN6O9P. The molecular weight excluding hydrogens is 547 g/mol. The monoisotopic (exact) mass is 576 g/mol. The first-order valence-electron chi connectivity index (χ1n) is 12.0. The zero-order valence-electron chi connectivity index (χ0n) is 20.9. The number of fused-ring (bicyclic) bond motifs is 1. The lowest BCUT2D eigenvalue weighted by molar-refractivity contribution is -0.129. The van der Waals surface area contributed by atoms with Crippen LogP contribution >= 0.6 is 19.2 Å². The third kappa shape index (κ3) is 6.90. The molecule has 0 spiro atoms. The molecule has 210 valence electrons. The lowest BCUT2D eigenvalue weighted by Gasteiger charge is -2.22. The molecule has 3 N–H and O–H groups in total. The van der Waals surface area contributed by atoms with E-state index < -0.39 is 51.0 Å². The van der Waals surface area contributed by atoms with Crippen molar-refractivity contribution in [1.29, 1.82) is 0 Å². The zero-order valence-corrected chi connectivity index (χ0v) is 22.5. The van der Waals surface area contributed by atoms with Crippen LogP contribution in [0.15, 0.2) is 6.33 Å². The molecule has 0 bridgehead atoms. The number of nitrogens with zero attached hydrogens (tertiary/aromatic N) is 5. The van der Waals surface area contributed by atoms with Crippen LogP contribution < -0.4 is 5.32 Å². The molecule has 4 rings (SSSR count). The van der Waals surface area contributed by atoms with E-state index >= 15 is 0 Å². The van der Waals surface area contributed by atoms with Gasteiger partial charge in [0.1, 0.15) is 12.3 Å². The molecule has 38 heavy (non-hydrogen) atoms. The average molecular weight is 577 g/mol. The normalized spacial score (nSPS) is 23.3.